The van der Waals surface area contributed by atoms with Crippen molar-refractivity contribution in [1.29, 1.82) is 0 Å². The molecule has 1 unspecified atom stereocenters. The second-order valence-corrected chi connectivity index (χ2v) is 7.26. The van der Waals surface area contributed by atoms with E-state index >= 15 is 0 Å². The highest BCUT2D eigenvalue weighted by Gasteiger charge is 2.40. The lowest BCUT2D eigenvalue weighted by Crippen LogP contribution is -2.48. The van der Waals surface area contributed by atoms with Gasteiger partial charge in [0.15, 0.2) is 0 Å². The maximum atomic E-state index is 12.9. The van der Waals surface area contributed by atoms with Crippen molar-refractivity contribution in [2.45, 2.75) is 31.6 Å². The molecule has 1 aliphatic heterocycles. The summed E-state index contributed by atoms with van der Waals surface area (Å²) in [7, 11) is 0. The van der Waals surface area contributed by atoms with E-state index < -0.39 is 0 Å². The molecule has 1 atom stereocenters. The molecular weight excluding hydrogens is 350 g/mol. The molecule has 2 aromatic carbocycles. The molecule has 0 radical (unpaired) electrons. The van der Waals surface area contributed by atoms with Crippen LogP contribution in [0.15, 0.2) is 66.9 Å². The normalized spacial score (nSPS) is 18.9. The highest BCUT2D eigenvalue weighted by atomic mass is 16.2. The van der Waals surface area contributed by atoms with Crippen molar-refractivity contribution in [1.82, 2.24) is 19.9 Å². The molecule has 1 fully saturated rings. The van der Waals surface area contributed by atoms with Gasteiger partial charge in [-0.3, -0.25) is 4.79 Å². The average molecular weight is 371 g/mol. The number of hydrogen-bond acceptors (Lipinski definition) is 4. The number of fused-ring (bicyclic) bond motifs is 1. The molecule has 2 heterocycles. The summed E-state index contributed by atoms with van der Waals surface area (Å²) in [5.41, 5.74) is 3.58. The number of anilines is 1. The van der Waals surface area contributed by atoms with Crippen LogP contribution >= 0.6 is 0 Å². The fourth-order valence-electron chi connectivity index (χ4n) is 3.60. The molecule has 1 saturated carbocycles. The maximum Gasteiger partial charge on any atom is 0.258 e. The van der Waals surface area contributed by atoms with E-state index in [-0.39, 0.29) is 12.1 Å². The Bertz CT molecular complexity index is 1020. The van der Waals surface area contributed by atoms with Crippen LogP contribution in [0.3, 0.4) is 0 Å². The van der Waals surface area contributed by atoms with Crippen LogP contribution in [0.2, 0.25) is 0 Å². The zero-order valence-electron chi connectivity index (χ0n) is 15.4. The quantitative estimate of drug-likeness (QED) is 0.747. The Balaban J connectivity index is 1.35. The Hall–Kier alpha value is -3.41. The zero-order valence-corrected chi connectivity index (χ0v) is 15.4. The Morgan fingerprint density at radius 2 is 1.86 bits per heavy atom. The van der Waals surface area contributed by atoms with Crippen LogP contribution in [0.25, 0.3) is 6.08 Å². The van der Waals surface area contributed by atoms with Gasteiger partial charge < -0.3 is 10.2 Å². The number of benzene rings is 2. The Kier molecular flexibility index (Phi) is 4.16. The molecule has 1 aliphatic carbocycles. The minimum atomic E-state index is -0.172. The van der Waals surface area contributed by atoms with E-state index in [9.17, 15) is 4.79 Å². The third-order valence-electron chi connectivity index (χ3n) is 5.13. The van der Waals surface area contributed by atoms with Crippen LogP contribution in [-0.4, -0.2) is 38.0 Å². The monoisotopic (exact) mass is 371 g/mol. The molecule has 0 spiro atoms. The number of rotatable bonds is 5. The van der Waals surface area contributed by atoms with E-state index in [0.29, 0.717) is 12.6 Å². The van der Waals surface area contributed by atoms with E-state index in [4.69, 9.17) is 0 Å². The maximum absolute atomic E-state index is 12.9. The zero-order chi connectivity index (χ0) is 18.9. The fourth-order valence-corrected chi connectivity index (χ4v) is 3.60. The summed E-state index contributed by atoms with van der Waals surface area (Å²) in [5.74, 6) is 0.0965. The number of amides is 1. The van der Waals surface area contributed by atoms with Crippen LogP contribution in [0.1, 0.15) is 34.5 Å². The van der Waals surface area contributed by atoms with Gasteiger partial charge in [-0.15, -0.1) is 5.10 Å². The first kappa shape index (κ1) is 16.7. The number of aromatic nitrogens is 3. The summed E-state index contributed by atoms with van der Waals surface area (Å²) in [4.78, 5) is 14.9. The van der Waals surface area contributed by atoms with Gasteiger partial charge in [-0.25, -0.2) is 4.68 Å². The highest BCUT2D eigenvalue weighted by molar-refractivity contribution is 6.02. The van der Waals surface area contributed by atoms with Crippen molar-refractivity contribution in [3.63, 3.8) is 0 Å². The number of nitrogens with one attached hydrogen (secondary N) is 1. The van der Waals surface area contributed by atoms with E-state index in [1.807, 2.05) is 70.4 Å². The van der Waals surface area contributed by atoms with Gasteiger partial charge in [0.2, 0.25) is 0 Å². The van der Waals surface area contributed by atoms with Gasteiger partial charge in [-0.2, -0.15) is 0 Å². The molecule has 28 heavy (non-hydrogen) atoms. The van der Waals surface area contributed by atoms with Crippen molar-refractivity contribution in [2.24, 2.45) is 0 Å². The molecule has 2 aliphatic rings. The van der Waals surface area contributed by atoms with Crippen molar-refractivity contribution in [2.75, 3.05) is 5.32 Å². The number of carbonyl (C=O) groups is 1. The molecule has 1 aromatic heterocycles. The van der Waals surface area contributed by atoms with Crippen LogP contribution in [0, 0.1) is 0 Å². The lowest BCUT2D eigenvalue weighted by Gasteiger charge is -2.36. The predicted molar refractivity (Wildman–Crippen MR) is 108 cm³/mol. The molecule has 6 nitrogen and oxygen atoms in total. The van der Waals surface area contributed by atoms with Gasteiger partial charge in [0.25, 0.3) is 5.91 Å². The molecule has 0 saturated heterocycles. The summed E-state index contributed by atoms with van der Waals surface area (Å²) in [5, 5.41) is 11.9. The lowest BCUT2D eigenvalue weighted by atomic mass is 10.1. The molecule has 0 bridgehead atoms. The minimum absolute atomic E-state index is 0.0965. The lowest BCUT2D eigenvalue weighted by molar-refractivity contribution is 0.0703. The Morgan fingerprint density at radius 3 is 2.68 bits per heavy atom. The van der Waals surface area contributed by atoms with Gasteiger partial charge in [-0.05, 0) is 42.7 Å². The third-order valence-corrected chi connectivity index (χ3v) is 5.13. The molecule has 1 N–H and O–H groups in total. The summed E-state index contributed by atoms with van der Waals surface area (Å²) < 4.78 is 1.82. The Labute approximate surface area is 163 Å². The average Bonchev–Trinajstić information content (AvgIpc) is 3.46. The highest BCUT2D eigenvalue weighted by Crippen LogP contribution is 2.35. The third kappa shape index (κ3) is 3.29. The summed E-state index contributed by atoms with van der Waals surface area (Å²) in [6.07, 6.45) is 7.81. The van der Waals surface area contributed by atoms with Gasteiger partial charge >= 0.3 is 0 Å². The van der Waals surface area contributed by atoms with Gasteiger partial charge in [-0.1, -0.05) is 47.7 Å². The van der Waals surface area contributed by atoms with E-state index in [2.05, 4.69) is 27.8 Å². The van der Waals surface area contributed by atoms with E-state index in [1.165, 1.54) is 5.56 Å². The van der Waals surface area contributed by atoms with Crippen LogP contribution in [0.5, 0.6) is 0 Å². The van der Waals surface area contributed by atoms with Crippen LogP contribution in [-0.2, 0) is 6.54 Å². The molecule has 3 aromatic rings. The van der Waals surface area contributed by atoms with Crippen LogP contribution < -0.4 is 5.32 Å². The van der Waals surface area contributed by atoms with Crippen LogP contribution in [0.4, 0.5) is 5.69 Å². The van der Waals surface area contributed by atoms with Gasteiger partial charge in [0.05, 0.1) is 18.3 Å². The van der Waals surface area contributed by atoms with E-state index in [0.717, 1.165) is 29.8 Å². The predicted octanol–water partition coefficient (Wildman–Crippen LogP) is 3.40. The first-order valence-corrected chi connectivity index (χ1v) is 9.58. The van der Waals surface area contributed by atoms with Crippen molar-refractivity contribution in [3.8, 4) is 0 Å². The summed E-state index contributed by atoms with van der Waals surface area (Å²) in [6.45, 7) is 0.684. The smallest absolute Gasteiger partial charge is 0.258 e. The number of nitrogens with zero attached hydrogens (tertiary/aromatic N) is 4. The molecule has 140 valence electrons. The standard InChI is InChI=1S/C22H21N5O/c28-22-19-8-4-5-9-20(19)23-21(27(22)18-11-12-18)13-10-17-15-26(25-24-17)14-16-6-2-1-3-7-16/h1-10,13,15,18,21,23H,11-12,14H2/b13-10+. The summed E-state index contributed by atoms with van der Waals surface area (Å²) in [6, 6.07) is 18.2. The van der Waals surface area contributed by atoms with Gasteiger partial charge in [0.1, 0.15) is 11.9 Å². The number of hydrogen-bond donors (Lipinski definition) is 1. The largest absolute Gasteiger partial charge is 0.361 e. The second kappa shape index (κ2) is 6.96. The van der Waals surface area contributed by atoms with E-state index in [1.54, 1.807) is 0 Å². The first-order chi connectivity index (χ1) is 13.8. The summed E-state index contributed by atoms with van der Waals surface area (Å²) >= 11 is 0. The fraction of sp³-hybridized carbons (Fsp3) is 0.227. The number of carbonyl (C=O) groups excluding carboxylic acids is 1. The molecule has 5 rings (SSSR count). The van der Waals surface area contributed by atoms with Gasteiger partial charge in [0, 0.05) is 11.7 Å². The molecular formula is C22H21N5O. The minimum Gasteiger partial charge on any atom is -0.361 e. The first-order valence-electron chi connectivity index (χ1n) is 9.58. The molecule has 1 amide bonds. The Morgan fingerprint density at radius 1 is 1.07 bits per heavy atom. The van der Waals surface area contributed by atoms with Crippen molar-refractivity contribution >= 4 is 17.7 Å². The number of para-hydroxylation sites is 1. The van der Waals surface area contributed by atoms with Crippen molar-refractivity contribution < 1.29 is 4.79 Å². The molecule has 6 heteroatoms. The SMILES string of the molecule is O=C1c2ccccc2NC(/C=C/c2cn(Cc3ccccc3)nn2)N1C1CC1. The second-order valence-electron chi connectivity index (χ2n) is 7.26. The van der Waals surface area contributed by atoms with Crippen molar-refractivity contribution in [3.05, 3.63) is 83.7 Å². The topological polar surface area (TPSA) is 63.1 Å².